The van der Waals surface area contributed by atoms with Crippen LogP contribution in [0, 0.1) is 0 Å². The summed E-state index contributed by atoms with van der Waals surface area (Å²) in [5.74, 6) is -0.625. The lowest BCUT2D eigenvalue weighted by Crippen LogP contribution is -2.17. The Bertz CT molecular complexity index is 477. The summed E-state index contributed by atoms with van der Waals surface area (Å²) < 4.78 is 36.1. The molecule has 1 aromatic carbocycles. The maximum absolute atomic E-state index is 12.0. The van der Waals surface area contributed by atoms with Crippen LogP contribution in [0.1, 0.15) is 36.5 Å². The zero-order valence-corrected chi connectivity index (χ0v) is 11.7. The number of rotatable bonds is 6. The van der Waals surface area contributed by atoms with Crippen LogP contribution < -0.4 is 11.1 Å². The molecule has 0 radical (unpaired) electrons. The number of primary amides is 1. The average Bonchev–Trinajstić information content (AvgIpc) is 2.26. The number of benzene rings is 1. The smallest absolute Gasteiger partial charge is 0.383 e. The minimum Gasteiger partial charge on any atom is -0.383 e. The number of alkyl halides is 3. The number of nitrogens with one attached hydrogen (secondary N) is 1. The number of halogens is 4. The first-order valence-corrected chi connectivity index (χ1v) is 6.49. The summed E-state index contributed by atoms with van der Waals surface area (Å²) in [6.07, 6.45) is -4.47. The van der Waals surface area contributed by atoms with Crippen LogP contribution in [-0.4, -0.2) is 18.1 Å². The van der Waals surface area contributed by atoms with Crippen molar-refractivity contribution in [1.82, 2.24) is 0 Å². The van der Waals surface area contributed by atoms with Crippen LogP contribution in [-0.2, 0) is 0 Å². The van der Waals surface area contributed by atoms with Gasteiger partial charge in [0.15, 0.2) is 0 Å². The normalized spacial score (nSPS) is 13.1. The minimum atomic E-state index is -4.12. The molecule has 7 heteroatoms. The van der Waals surface area contributed by atoms with Gasteiger partial charge in [-0.2, -0.15) is 13.2 Å². The molecule has 0 aliphatic carbocycles. The zero-order valence-electron chi connectivity index (χ0n) is 10.9. The first kappa shape index (κ1) is 16.6. The van der Waals surface area contributed by atoms with Crippen LogP contribution in [0.4, 0.5) is 18.9 Å². The van der Waals surface area contributed by atoms with Crippen molar-refractivity contribution in [2.24, 2.45) is 5.73 Å². The lowest BCUT2D eigenvalue weighted by molar-refractivity contribution is -0.135. The summed E-state index contributed by atoms with van der Waals surface area (Å²) in [5.41, 5.74) is 5.97. The van der Waals surface area contributed by atoms with Crippen LogP contribution in [0.2, 0.25) is 5.02 Å². The monoisotopic (exact) mass is 308 g/mol. The van der Waals surface area contributed by atoms with Gasteiger partial charge in [0, 0.05) is 18.2 Å². The summed E-state index contributed by atoms with van der Waals surface area (Å²) >= 11 is 5.88. The SMILES string of the molecule is CC(CCCC(F)(F)F)Nc1ccc(C(N)=O)c(Cl)c1. The summed E-state index contributed by atoms with van der Waals surface area (Å²) in [4.78, 5) is 11.0. The Morgan fingerprint density at radius 1 is 1.45 bits per heavy atom. The van der Waals surface area contributed by atoms with E-state index < -0.39 is 18.5 Å². The molecule has 3 nitrogen and oxygen atoms in total. The molecule has 0 aliphatic rings. The van der Waals surface area contributed by atoms with E-state index in [0.29, 0.717) is 12.1 Å². The largest absolute Gasteiger partial charge is 0.389 e. The first-order chi connectivity index (χ1) is 9.19. The van der Waals surface area contributed by atoms with Gasteiger partial charge in [-0.1, -0.05) is 11.6 Å². The van der Waals surface area contributed by atoms with E-state index in [2.05, 4.69) is 5.32 Å². The van der Waals surface area contributed by atoms with Crippen LogP contribution >= 0.6 is 11.6 Å². The van der Waals surface area contributed by atoms with E-state index in [1.165, 1.54) is 12.1 Å². The number of hydrogen-bond donors (Lipinski definition) is 2. The molecule has 0 spiro atoms. The molecule has 1 aromatic rings. The highest BCUT2D eigenvalue weighted by molar-refractivity contribution is 6.34. The predicted molar refractivity (Wildman–Crippen MR) is 73.0 cm³/mol. The fourth-order valence-corrected chi connectivity index (χ4v) is 2.04. The van der Waals surface area contributed by atoms with Crippen molar-refractivity contribution in [1.29, 1.82) is 0 Å². The molecule has 0 aliphatic heterocycles. The second-order valence-electron chi connectivity index (χ2n) is 4.61. The van der Waals surface area contributed by atoms with Gasteiger partial charge in [0.2, 0.25) is 5.91 Å². The molecule has 0 saturated carbocycles. The highest BCUT2D eigenvalue weighted by Gasteiger charge is 2.26. The van der Waals surface area contributed by atoms with Crippen molar-refractivity contribution >= 4 is 23.2 Å². The van der Waals surface area contributed by atoms with Crippen LogP contribution in [0.5, 0.6) is 0 Å². The molecule has 0 heterocycles. The third kappa shape index (κ3) is 5.69. The van der Waals surface area contributed by atoms with Crippen LogP contribution in [0.15, 0.2) is 18.2 Å². The lowest BCUT2D eigenvalue weighted by Gasteiger charge is -2.16. The number of nitrogens with two attached hydrogens (primary N) is 1. The van der Waals surface area contributed by atoms with E-state index in [-0.39, 0.29) is 23.0 Å². The Balaban J connectivity index is 2.52. The standard InChI is InChI=1S/C13H16ClF3N2O/c1-8(3-2-6-13(15,16)17)19-9-4-5-10(12(18)20)11(14)7-9/h4-5,7-8,19H,2-3,6H2,1H3,(H2,18,20). The summed E-state index contributed by atoms with van der Waals surface area (Å²) in [7, 11) is 0. The third-order valence-corrected chi connectivity index (χ3v) is 3.06. The maximum Gasteiger partial charge on any atom is 0.389 e. The topological polar surface area (TPSA) is 55.1 Å². The van der Waals surface area contributed by atoms with Gasteiger partial charge < -0.3 is 11.1 Å². The molecule has 0 saturated heterocycles. The van der Waals surface area contributed by atoms with Gasteiger partial charge in [-0.15, -0.1) is 0 Å². The third-order valence-electron chi connectivity index (χ3n) is 2.74. The Morgan fingerprint density at radius 3 is 2.60 bits per heavy atom. The van der Waals surface area contributed by atoms with Gasteiger partial charge in [-0.25, -0.2) is 0 Å². The average molecular weight is 309 g/mol. The molecule has 1 atom stereocenters. The van der Waals surface area contributed by atoms with Gasteiger partial charge >= 0.3 is 6.18 Å². The van der Waals surface area contributed by atoms with E-state index in [4.69, 9.17) is 17.3 Å². The molecule has 20 heavy (non-hydrogen) atoms. The molecule has 1 unspecified atom stereocenters. The fourth-order valence-electron chi connectivity index (χ4n) is 1.77. The Hall–Kier alpha value is -1.43. The van der Waals surface area contributed by atoms with Crippen molar-refractivity contribution in [2.75, 3.05) is 5.32 Å². The van der Waals surface area contributed by atoms with Crippen LogP contribution in [0.3, 0.4) is 0 Å². The summed E-state index contributed by atoms with van der Waals surface area (Å²) in [5, 5.41) is 3.24. The molecule has 3 N–H and O–H groups in total. The summed E-state index contributed by atoms with van der Waals surface area (Å²) in [6, 6.07) is 4.50. The molecule has 0 aromatic heterocycles. The Kier molecular flexibility index (Phi) is 5.68. The quantitative estimate of drug-likeness (QED) is 0.835. The van der Waals surface area contributed by atoms with Crippen molar-refractivity contribution in [3.63, 3.8) is 0 Å². The summed E-state index contributed by atoms with van der Waals surface area (Å²) in [6.45, 7) is 1.78. The first-order valence-electron chi connectivity index (χ1n) is 6.11. The lowest BCUT2D eigenvalue weighted by atomic mass is 10.1. The fraction of sp³-hybridized carbons (Fsp3) is 0.462. The molecule has 1 amide bonds. The number of hydrogen-bond acceptors (Lipinski definition) is 2. The molecule has 0 fully saturated rings. The van der Waals surface area contributed by atoms with E-state index in [1.807, 2.05) is 0 Å². The molecule has 0 bridgehead atoms. The molecular formula is C13H16ClF3N2O. The molecule has 1 rings (SSSR count). The van der Waals surface area contributed by atoms with Crippen molar-refractivity contribution < 1.29 is 18.0 Å². The van der Waals surface area contributed by atoms with Crippen molar-refractivity contribution in [3.05, 3.63) is 28.8 Å². The van der Waals surface area contributed by atoms with Gasteiger partial charge in [-0.3, -0.25) is 4.79 Å². The van der Waals surface area contributed by atoms with Gasteiger partial charge in [0.05, 0.1) is 10.6 Å². The highest BCUT2D eigenvalue weighted by atomic mass is 35.5. The Labute approximate surface area is 120 Å². The zero-order chi connectivity index (χ0) is 15.3. The second-order valence-corrected chi connectivity index (χ2v) is 5.02. The Morgan fingerprint density at radius 2 is 2.10 bits per heavy atom. The van der Waals surface area contributed by atoms with Crippen LogP contribution in [0.25, 0.3) is 0 Å². The van der Waals surface area contributed by atoms with Crippen molar-refractivity contribution in [3.8, 4) is 0 Å². The number of carbonyl (C=O) groups is 1. The van der Waals surface area contributed by atoms with E-state index in [9.17, 15) is 18.0 Å². The molecule has 112 valence electrons. The number of carbonyl (C=O) groups excluding carboxylic acids is 1. The second kappa shape index (κ2) is 6.83. The maximum atomic E-state index is 12.0. The molecular weight excluding hydrogens is 293 g/mol. The van der Waals surface area contributed by atoms with E-state index >= 15 is 0 Å². The van der Waals surface area contributed by atoms with Gasteiger partial charge in [0.25, 0.3) is 0 Å². The highest BCUT2D eigenvalue weighted by Crippen LogP contribution is 2.24. The van der Waals surface area contributed by atoms with Gasteiger partial charge in [0.1, 0.15) is 0 Å². The number of amides is 1. The van der Waals surface area contributed by atoms with Gasteiger partial charge in [-0.05, 0) is 38.0 Å². The van der Waals surface area contributed by atoms with E-state index in [0.717, 1.165) is 0 Å². The predicted octanol–water partition coefficient (Wildman–Crippen LogP) is 3.97. The minimum absolute atomic E-state index is 0.0603. The van der Waals surface area contributed by atoms with Crippen molar-refractivity contribution in [2.45, 2.75) is 38.4 Å². The van der Waals surface area contributed by atoms with E-state index in [1.54, 1.807) is 13.0 Å². The number of anilines is 1.